The Morgan fingerprint density at radius 3 is 2.90 bits per heavy atom. The maximum absolute atomic E-state index is 10.6. The zero-order valence-electron chi connectivity index (χ0n) is 5.92. The molecule has 0 bridgehead atoms. The van der Waals surface area contributed by atoms with Gasteiger partial charge in [-0.2, -0.15) is 11.8 Å². The van der Waals surface area contributed by atoms with Gasteiger partial charge in [0.2, 0.25) is 0 Å². The molecule has 0 unspecified atom stereocenters. The molecule has 0 radical (unpaired) electrons. The molecule has 4 heteroatoms. The molecule has 1 heterocycles. The first-order valence-corrected chi connectivity index (χ1v) is 4.36. The number of nitrogens with one attached hydrogen (secondary N) is 1. The van der Waals surface area contributed by atoms with E-state index in [9.17, 15) is 4.79 Å². The normalized spacial score (nSPS) is 18.1. The molecule has 0 amide bonds. The first-order valence-electron chi connectivity index (χ1n) is 3.21. The Labute approximate surface area is 64.5 Å². The van der Waals surface area contributed by atoms with Gasteiger partial charge in [0.05, 0.1) is 13.7 Å². The monoisotopic (exact) mass is 161 g/mol. The number of carbonyl (C=O) groups is 1. The topological polar surface area (TPSA) is 38.3 Å². The van der Waals surface area contributed by atoms with E-state index >= 15 is 0 Å². The van der Waals surface area contributed by atoms with Crippen LogP contribution in [0.1, 0.15) is 0 Å². The van der Waals surface area contributed by atoms with Crippen LogP contribution in [0.25, 0.3) is 0 Å². The predicted molar refractivity (Wildman–Crippen MR) is 41.1 cm³/mol. The summed E-state index contributed by atoms with van der Waals surface area (Å²) in [6, 6.07) is 0.532. The van der Waals surface area contributed by atoms with Crippen LogP contribution < -0.4 is 5.32 Å². The Morgan fingerprint density at radius 2 is 2.50 bits per heavy atom. The van der Waals surface area contributed by atoms with Crippen molar-refractivity contribution >= 4 is 17.7 Å². The minimum Gasteiger partial charge on any atom is -0.468 e. The van der Waals surface area contributed by atoms with Gasteiger partial charge in [-0.25, -0.2) is 0 Å². The second kappa shape index (κ2) is 3.83. The summed E-state index contributed by atoms with van der Waals surface area (Å²) in [5, 5.41) is 3.07. The lowest BCUT2D eigenvalue weighted by molar-refractivity contribution is -0.139. The highest BCUT2D eigenvalue weighted by molar-refractivity contribution is 8.00. The number of esters is 1. The minimum absolute atomic E-state index is 0.183. The number of hydrogen-bond acceptors (Lipinski definition) is 4. The molecule has 3 nitrogen and oxygen atoms in total. The van der Waals surface area contributed by atoms with Crippen molar-refractivity contribution in [3.63, 3.8) is 0 Å². The molecule has 0 atom stereocenters. The molecule has 0 aliphatic carbocycles. The van der Waals surface area contributed by atoms with Gasteiger partial charge in [-0.3, -0.25) is 4.79 Å². The molecule has 1 saturated heterocycles. The number of rotatable bonds is 3. The molecule has 0 spiro atoms. The van der Waals surface area contributed by atoms with Crippen LogP contribution in [0, 0.1) is 0 Å². The Hall–Kier alpha value is -0.220. The molecular formula is C6H11NO2S. The molecule has 0 saturated carbocycles. The van der Waals surface area contributed by atoms with Gasteiger partial charge in [0.15, 0.2) is 0 Å². The Kier molecular flexibility index (Phi) is 3.02. The van der Waals surface area contributed by atoms with E-state index in [1.807, 2.05) is 11.8 Å². The van der Waals surface area contributed by atoms with Gasteiger partial charge in [-0.1, -0.05) is 0 Å². The van der Waals surface area contributed by atoms with Crippen molar-refractivity contribution in [1.82, 2.24) is 5.32 Å². The van der Waals surface area contributed by atoms with Crippen molar-refractivity contribution in [2.24, 2.45) is 0 Å². The number of hydrogen-bond donors (Lipinski definition) is 1. The van der Waals surface area contributed by atoms with E-state index in [1.54, 1.807) is 0 Å². The Morgan fingerprint density at radius 1 is 1.80 bits per heavy atom. The molecule has 1 aliphatic rings. The highest BCUT2D eigenvalue weighted by Gasteiger charge is 2.17. The average molecular weight is 161 g/mol. The van der Waals surface area contributed by atoms with Crippen LogP contribution in [-0.2, 0) is 9.53 Å². The van der Waals surface area contributed by atoms with E-state index in [1.165, 1.54) is 7.11 Å². The van der Waals surface area contributed by atoms with Gasteiger partial charge in [0.1, 0.15) is 0 Å². The second-order valence-electron chi connectivity index (χ2n) is 2.19. The smallest absolute Gasteiger partial charge is 0.319 e. The fourth-order valence-electron chi connectivity index (χ4n) is 0.653. The molecule has 1 aliphatic heterocycles. The van der Waals surface area contributed by atoms with Crippen LogP contribution in [0.3, 0.4) is 0 Å². The SMILES string of the molecule is COC(=O)CNC1CSC1. The van der Waals surface area contributed by atoms with E-state index in [4.69, 9.17) is 0 Å². The molecule has 10 heavy (non-hydrogen) atoms. The number of methoxy groups -OCH3 is 1. The van der Waals surface area contributed by atoms with Gasteiger partial charge in [0.25, 0.3) is 0 Å². The average Bonchev–Trinajstić information content (AvgIpc) is 1.84. The van der Waals surface area contributed by atoms with Crippen LogP contribution in [0.5, 0.6) is 0 Å². The quantitative estimate of drug-likeness (QED) is 0.585. The summed E-state index contributed by atoms with van der Waals surface area (Å²) in [4.78, 5) is 10.6. The number of carbonyl (C=O) groups excluding carboxylic acids is 1. The third-order valence-electron chi connectivity index (χ3n) is 1.40. The van der Waals surface area contributed by atoms with Crippen LogP contribution in [-0.4, -0.2) is 37.2 Å². The van der Waals surface area contributed by atoms with Crippen molar-refractivity contribution in [2.45, 2.75) is 6.04 Å². The minimum atomic E-state index is -0.183. The maximum atomic E-state index is 10.6. The molecule has 1 rings (SSSR count). The van der Waals surface area contributed by atoms with E-state index in [-0.39, 0.29) is 5.97 Å². The lowest BCUT2D eigenvalue weighted by Gasteiger charge is -2.25. The van der Waals surface area contributed by atoms with Crippen molar-refractivity contribution in [2.75, 3.05) is 25.2 Å². The van der Waals surface area contributed by atoms with Crippen LogP contribution in [0.15, 0.2) is 0 Å². The van der Waals surface area contributed by atoms with Crippen LogP contribution >= 0.6 is 11.8 Å². The largest absolute Gasteiger partial charge is 0.468 e. The summed E-state index contributed by atoms with van der Waals surface area (Å²) in [6.45, 7) is 0.349. The van der Waals surface area contributed by atoms with E-state index in [0.717, 1.165) is 11.5 Å². The summed E-state index contributed by atoms with van der Waals surface area (Å²) in [5.74, 6) is 2.06. The van der Waals surface area contributed by atoms with E-state index in [0.29, 0.717) is 12.6 Å². The van der Waals surface area contributed by atoms with Gasteiger partial charge in [-0.15, -0.1) is 0 Å². The second-order valence-corrected chi connectivity index (χ2v) is 3.27. The Bertz CT molecular complexity index is 125. The van der Waals surface area contributed by atoms with Crippen molar-refractivity contribution in [1.29, 1.82) is 0 Å². The van der Waals surface area contributed by atoms with E-state index in [2.05, 4.69) is 10.1 Å². The summed E-state index contributed by atoms with van der Waals surface area (Å²) < 4.78 is 4.46. The van der Waals surface area contributed by atoms with Crippen LogP contribution in [0.2, 0.25) is 0 Å². The van der Waals surface area contributed by atoms with E-state index < -0.39 is 0 Å². The summed E-state index contributed by atoms with van der Waals surface area (Å²) in [5.41, 5.74) is 0. The van der Waals surface area contributed by atoms with Gasteiger partial charge >= 0.3 is 5.97 Å². The zero-order valence-corrected chi connectivity index (χ0v) is 6.74. The fraction of sp³-hybridized carbons (Fsp3) is 0.833. The van der Waals surface area contributed by atoms with Crippen molar-refractivity contribution < 1.29 is 9.53 Å². The first kappa shape index (κ1) is 7.88. The third-order valence-corrected chi connectivity index (χ3v) is 2.68. The lowest BCUT2D eigenvalue weighted by atomic mass is 10.4. The Balaban J connectivity index is 1.98. The predicted octanol–water partition coefficient (Wildman–Crippen LogP) is -0.136. The van der Waals surface area contributed by atoms with Crippen molar-refractivity contribution in [3.8, 4) is 0 Å². The fourth-order valence-corrected chi connectivity index (χ4v) is 1.36. The van der Waals surface area contributed by atoms with Crippen molar-refractivity contribution in [3.05, 3.63) is 0 Å². The summed E-state index contributed by atoms with van der Waals surface area (Å²) in [6.07, 6.45) is 0. The molecule has 0 aromatic carbocycles. The molecule has 1 N–H and O–H groups in total. The molecule has 58 valence electrons. The maximum Gasteiger partial charge on any atom is 0.319 e. The van der Waals surface area contributed by atoms with Crippen LogP contribution in [0.4, 0.5) is 0 Å². The number of thioether (sulfide) groups is 1. The summed E-state index contributed by atoms with van der Waals surface area (Å²) in [7, 11) is 1.40. The van der Waals surface area contributed by atoms with Gasteiger partial charge in [0, 0.05) is 17.5 Å². The first-order chi connectivity index (χ1) is 4.83. The molecule has 1 fully saturated rings. The molecule has 0 aromatic heterocycles. The molecule has 0 aromatic rings. The standard InChI is InChI=1S/C6H11NO2S/c1-9-6(8)2-7-5-3-10-4-5/h5,7H,2-4H2,1H3. The van der Waals surface area contributed by atoms with Gasteiger partial charge < -0.3 is 10.1 Å². The third kappa shape index (κ3) is 2.19. The van der Waals surface area contributed by atoms with Gasteiger partial charge in [-0.05, 0) is 0 Å². The summed E-state index contributed by atoms with van der Waals surface area (Å²) >= 11 is 1.89. The lowest BCUT2D eigenvalue weighted by Crippen LogP contribution is -2.42. The zero-order chi connectivity index (χ0) is 7.40. The highest BCUT2D eigenvalue weighted by Crippen LogP contribution is 2.16. The highest BCUT2D eigenvalue weighted by atomic mass is 32.2. The molecular weight excluding hydrogens is 150 g/mol. The number of ether oxygens (including phenoxy) is 1.